The number of hydrogen-bond donors (Lipinski definition) is 3. The van der Waals surface area contributed by atoms with Gasteiger partial charge in [-0.15, -0.1) is 0 Å². The molecule has 0 radical (unpaired) electrons. The molecule has 0 aromatic carbocycles. The summed E-state index contributed by atoms with van der Waals surface area (Å²) in [6.45, 7) is 0.319. The Hall–Kier alpha value is -1.17. The van der Waals surface area contributed by atoms with Crippen LogP contribution in [0, 0.1) is 0 Å². The molecule has 0 aliphatic heterocycles. The van der Waals surface area contributed by atoms with Crippen LogP contribution < -0.4 is 16.6 Å². The molecular weight excluding hydrogens is 153 g/mol. The summed E-state index contributed by atoms with van der Waals surface area (Å²) in [6, 6.07) is -0.703. The van der Waals surface area contributed by atoms with E-state index in [4.69, 9.17) is 5.73 Å². The van der Waals surface area contributed by atoms with Crippen LogP contribution in [0.2, 0.25) is 0 Å². The van der Waals surface area contributed by atoms with Gasteiger partial charge in [-0.05, 0) is 6.92 Å². The Morgan fingerprint density at radius 2 is 2.18 bits per heavy atom. The third-order valence-electron chi connectivity index (χ3n) is 0.976. The standard InChI is InChI=1S/C5H10FN3O2/c1-3(5(7)11)8-9-4(10)2-6/h3,8H,2H2,1H3,(H2,7,11)(H,9,10). The van der Waals surface area contributed by atoms with Gasteiger partial charge in [-0.25, -0.2) is 9.82 Å². The zero-order valence-electron chi connectivity index (χ0n) is 6.06. The molecule has 64 valence electrons. The van der Waals surface area contributed by atoms with Crippen LogP contribution in [-0.4, -0.2) is 24.5 Å². The minimum Gasteiger partial charge on any atom is -0.368 e. The molecule has 2 amide bonds. The first-order valence-electron chi connectivity index (χ1n) is 2.97. The summed E-state index contributed by atoms with van der Waals surface area (Å²) in [4.78, 5) is 20.6. The first-order chi connectivity index (χ1) is 5.07. The van der Waals surface area contributed by atoms with Crippen LogP contribution in [-0.2, 0) is 9.59 Å². The Bertz CT molecular complexity index is 162. The Morgan fingerprint density at radius 3 is 2.55 bits per heavy atom. The van der Waals surface area contributed by atoms with Crippen LogP contribution in [0.1, 0.15) is 6.92 Å². The number of primary amides is 1. The molecule has 6 heteroatoms. The van der Waals surface area contributed by atoms with Gasteiger partial charge in [0.25, 0.3) is 5.91 Å². The smallest absolute Gasteiger partial charge is 0.265 e. The van der Waals surface area contributed by atoms with Gasteiger partial charge in [0.05, 0.1) is 0 Å². The van der Waals surface area contributed by atoms with E-state index in [1.807, 2.05) is 5.43 Å². The maximum Gasteiger partial charge on any atom is 0.265 e. The molecule has 0 heterocycles. The summed E-state index contributed by atoms with van der Waals surface area (Å²) >= 11 is 0. The van der Waals surface area contributed by atoms with Gasteiger partial charge in [-0.3, -0.25) is 15.0 Å². The van der Waals surface area contributed by atoms with Crippen LogP contribution in [0.3, 0.4) is 0 Å². The van der Waals surface area contributed by atoms with Crippen molar-refractivity contribution in [3.05, 3.63) is 0 Å². The zero-order valence-corrected chi connectivity index (χ0v) is 6.06. The molecule has 0 fully saturated rings. The number of halogens is 1. The highest BCUT2D eigenvalue weighted by atomic mass is 19.1. The van der Waals surface area contributed by atoms with Crippen LogP contribution >= 0.6 is 0 Å². The van der Waals surface area contributed by atoms with E-state index in [0.29, 0.717) is 0 Å². The van der Waals surface area contributed by atoms with Gasteiger partial charge in [0.1, 0.15) is 6.04 Å². The van der Waals surface area contributed by atoms with E-state index in [-0.39, 0.29) is 0 Å². The predicted molar refractivity (Wildman–Crippen MR) is 35.9 cm³/mol. The fourth-order valence-corrected chi connectivity index (χ4v) is 0.293. The normalized spacial score (nSPS) is 12.2. The molecule has 0 spiro atoms. The Kier molecular flexibility index (Phi) is 4.12. The summed E-state index contributed by atoms with van der Waals surface area (Å²) in [5, 5.41) is 0. The summed E-state index contributed by atoms with van der Waals surface area (Å²) in [7, 11) is 0. The molecule has 1 atom stereocenters. The number of hydrazine groups is 1. The van der Waals surface area contributed by atoms with Crippen molar-refractivity contribution in [1.82, 2.24) is 10.9 Å². The van der Waals surface area contributed by atoms with Gasteiger partial charge in [-0.1, -0.05) is 0 Å². The molecule has 0 aliphatic carbocycles. The zero-order chi connectivity index (χ0) is 8.85. The van der Waals surface area contributed by atoms with Crippen molar-refractivity contribution < 1.29 is 14.0 Å². The van der Waals surface area contributed by atoms with E-state index in [2.05, 4.69) is 5.43 Å². The minimum absolute atomic E-state index is 0.621. The molecule has 0 rings (SSSR count). The lowest BCUT2D eigenvalue weighted by Crippen LogP contribution is -2.49. The molecular formula is C5H10FN3O2. The number of rotatable bonds is 4. The van der Waals surface area contributed by atoms with Crippen molar-refractivity contribution in [2.45, 2.75) is 13.0 Å². The Morgan fingerprint density at radius 1 is 1.64 bits per heavy atom. The van der Waals surface area contributed by atoms with Gasteiger partial charge >= 0.3 is 0 Å². The Balaban J connectivity index is 3.54. The minimum atomic E-state index is -1.13. The molecule has 0 saturated carbocycles. The second-order valence-electron chi connectivity index (χ2n) is 1.95. The summed E-state index contributed by atoms with van der Waals surface area (Å²) < 4.78 is 11.5. The lowest BCUT2D eigenvalue weighted by molar-refractivity contribution is -0.124. The monoisotopic (exact) mass is 163 g/mol. The van der Waals surface area contributed by atoms with Crippen molar-refractivity contribution in [2.75, 3.05) is 6.67 Å². The maximum absolute atomic E-state index is 11.5. The van der Waals surface area contributed by atoms with Crippen molar-refractivity contribution in [3.8, 4) is 0 Å². The van der Waals surface area contributed by atoms with E-state index in [1.54, 1.807) is 0 Å². The molecule has 1 unspecified atom stereocenters. The maximum atomic E-state index is 11.5. The molecule has 0 aromatic heterocycles. The quantitative estimate of drug-likeness (QED) is 0.439. The number of nitrogens with two attached hydrogens (primary N) is 1. The van der Waals surface area contributed by atoms with E-state index in [9.17, 15) is 14.0 Å². The van der Waals surface area contributed by atoms with Crippen molar-refractivity contribution in [1.29, 1.82) is 0 Å². The summed E-state index contributed by atoms with van der Waals surface area (Å²) in [5.41, 5.74) is 8.98. The fourth-order valence-electron chi connectivity index (χ4n) is 0.293. The molecule has 5 nitrogen and oxygen atoms in total. The SMILES string of the molecule is CC(NNC(=O)CF)C(N)=O. The molecule has 0 saturated heterocycles. The van der Waals surface area contributed by atoms with Gasteiger partial charge in [0.2, 0.25) is 5.91 Å². The lowest BCUT2D eigenvalue weighted by Gasteiger charge is -2.09. The van der Waals surface area contributed by atoms with E-state index >= 15 is 0 Å². The number of nitrogens with one attached hydrogen (secondary N) is 2. The van der Waals surface area contributed by atoms with Gasteiger partial charge in [-0.2, -0.15) is 0 Å². The van der Waals surface area contributed by atoms with Crippen LogP contribution in [0.5, 0.6) is 0 Å². The predicted octanol–water partition coefficient (Wildman–Crippen LogP) is -1.55. The highest BCUT2D eigenvalue weighted by molar-refractivity contribution is 5.80. The van der Waals surface area contributed by atoms with Gasteiger partial charge < -0.3 is 5.73 Å². The summed E-state index contributed by atoms with van der Waals surface area (Å²) in [5.74, 6) is -1.46. The number of amides is 2. The van der Waals surface area contributed by atoms with Crippen molar-refractivity contribution in [2.24, 2.45) is 5.73 Å². The lowest BCUT2D eigenvalue weighted by atomic mass is 10.3. The van der Waals surface area contributed by atoms with E-state index < -0.39 is 24.5 Å². The van der Waals surface area contributed by atoms with E-state index in [0.717, 1.165) is 0 Å². The van der Waals surface area contributed by atoms with Gasteiger partial charge in [0, 0.05) is 0 Å². The molecule has 0 aliphatic rings. The first kappa shape index (κ1) is 9.83. The molecule has 4 N–H and O–H groups in total. The third kappa shape index (κ3) is 4.26. The highest BCUT2D eigenvalue weighted by Crippen LogP contribution is 1.74. The van der Waals surface area contributed by atoms with E-state index in [1.165, 1.54) is 6.92 Å². The largest absolute Gasteiger partial charge is 0.368 e. The van der Waals surface area contributed by atoms with Crippen molar-refractivity contribution in [3.63, 3.8) is 0 Å². The van der Waals surface area contributed by atoms with Gasteiger partial charge in [0.15, 0.2) is 6.67 Å². The number of alkyl halides is 1. The number of hydrogen-bond acceptors (Lipinski definition) is 3. The molecule has 11 heavy (non-hydrogen) atoms. The molecule has 0 aromatic rings. The number of carbonyl (C=O) groups is 2. The Labute approximate surface area is 63.1 Å². The first-order valence-corrected chi connectivity index (χ1v) is 2.97. The molecule has 0 bridgehead atoms. The van der Waals surface area contributed by atoms with Crippen LogP contribution in [0.25, 0.3) is 0 Å². The third-order valence-corrected chi connectivity index (χ3v) is 0.976. The topological polar surface area (TPSA) is 84.2 Å². The summed E-state index contributed by atoms with van der Waals surface area (Å²) in [6.07, 6.45) is 0. The second-order valence-corrected chi connectivity index (χ2v) is 1.95. The number of carbonyl (C=O) groups excluding carboxylic acids is 2. The average Bonchev–Trinajstić information content (AvgIpc) is 1.99. The van der Waals surface area contributed by atoms with Crippen LogP contribution in [0.15, 0.2) is 0 Å². The van der Waals surface area contributed by atoms with Crippen molar-refractivity contribution >= 4 is 11.8 Å². The highest BCUT2D eigenvalue weighted by Gasteiger charge is 2.08. The fraction of sp³-hybridized carbons (Fsp3) is 0.600. The van der Waals surface area contributed by atoms with Crippen LogP contribution in [0.4, 0.5) is 4.39 Å². The average molecular weight is 163 g/mol. The second kappa shape index (κ2) is 4.62.